The van der Waals surface area contributed by atoms with Crippen LogP contribution in [-0.2, 0) is 0 Å². The number of aromatic nitrogens is 2. The molecule has 110 valence electrons. The van der Waals surface area contributed by atoms with Crippen LogP contribution in [0.15, 0.2) is 4.47 Å². The maximum Gasteiger partial charge on any atom is 0.148 e. The molecule has 2 fully saturated rings. The van der Waals surface area contributed by atoms with Crippen LogP contribution < -0.4 is 0 Å². The molecule has 0 N–H and O–H groups in total. The molecule has 1 unspecified atom stereocenters. The molecule has 0 aromatic carbocycles. The summed E-state index contributed by atoms with van der Waals surface area (Å²) in [6.45, 7) is 1.09. The third-order valence-electron chi connectivity index (χ3n) is 4.29. The third kappa shape index (κ3) is 3.01. The quantitative estimate of drug-likeness (QED) is 0.721. The predicted octanol–water partition coefficient (Wildman–Crippen LogP) is 4.27. The molecule has 3 nitrogen and oxygen atoms in total. The molecule has 2 aliphatic rings. The van der Waals surface area contributed by atoms with Gasteiger partial charge in [-0.05, 0) is 35.8 Å². The second-order valence-corrected chi connectivity index (χ2v) is 7.93. The molecule has 0 amide bonds. The van der Waals surface area contributed by atoms with E-state index in [1.807, 2.05) is 11.8 Å². The normalized spacial score (nSPS) is 25.2. The van der Waals surface area contributed by atoms with Crippen molar-refractivity contribution in [3.05, 3.63) is 21.1 Å². The van der Waals surface area contributed by atoms with E-state index in [2.05, 4.69) is 32.9 Å². The van der Waals surface area contributed by atoms with Gasteiger partial charge in [-0.3, -0.25) is 4.90 Å². The minimum absolute atomic E-state index is 0.291. The zero-order valence-electron chi connectivity index (χ0n) is 11.6. The highest BCUT2D eigenvalue weighted by Gasteiger charge is 2.28. The summed E-state index contributed by atoms with van der Waals surface area (Å²) in [5, 5.41) is 0.570. The summed E-state index contributed by atoms with van der Waals surface area (Å²) < 4.78 is 0.904. The maximum atomic E-state index is 6.34. The molecular formula is C14H19BrClN3S. The van der Waals surface area contributed by atoms with Gasteiger partial charge in [-0.25, -0.2) is 9.97 Å². The van der Waals surface area contributed by atoms with Gasteiger partial charge in [0.05, 0.1) is 16.2 Å². The Hall–Kier alpha value is 0.160. The predicted molar refractivity (Wildman–Crippen MR) is 88.6 cm³/mol. The highest BCUT2D eigenvalue weighted by Crippen LogP contribution is 2.39. The molecule has 1 aromatic rings. The van der Waals surface area contributed by atoms with Gasteiger partial charge in [0.1, 0.15) is 11.0 Å². The van der Waals surface area contributed by atoms with Crippen molar-refractivity contribution >= 4 is 39.3 Å². The summed E-state index contributed by atoms with van der Waals surface area (Å²) in [6, 6.07) is 0.291. The molecule has 20 heavy (non-hydrogen) atoms. The second kappa shape index (κ2) is 6.51. The van der Waals surface area contributed by atoms with E-state index in [4.69, 9.17) is 16.6 Å². The molecule has 1 saturated heterocycles. The van der Waals surface area contributed by atoms with Gasteiger partial charge >= 0.3 is 0 Å². The summed E-state index contributed by atoms with van der Waals surface area (Å²) in [5.74, 6) is 3.69. The van der Waals surface area contributed by atoms with Crippen molar-refractivity contribution in [2.24, 2.45) is 0 Å². The van der Waals surface area contributed by atoms with Crippen LogP contribution in [0.1, 0.15) is 49.2 Å². The minimum atomic E-state index is 0.291. The summed E-state index contributed by atoms with van der Waals surface area (Å²) in [4.78, 5) is 11.8. The minimum Gasteiger partial charge on any atom is -0.295 e. The van der Waals surface area contributed by atoms with Crippen molar-refractivity contribution in [1.29, 1.82) is 0 Å². The van der Waals surface area contributed by atoms with Crippen molar-refractivity contribution < 1.29 is 0 Å². The molecule has 1 aromatic heterocycles. The Balaban J connectivity index is 1.95. The SMILES string of the molecule is CN1CCSCC1c1nc(Cl)c(Br)c(C2CCCC2)n1. The van der Waals surface area contributed by atoms with Gasteiger partial charge in [-0.1, -0.05) is 24.4 Å². The van der Waals surface area contributed by atoms with Gasteiger partial charge in [0.25, 0.3) is 0 Å². The Morgan fingerprint density at radius 3 is 2.75 bits per heavy atom. The molecular weight excluding hydrogens is 358 g/mol. The van der Waals surface area contributed by atoms with Crippen LogP contribution in [0.2, 0.25) is 5.15 Å². The standard InChI is InChI=1S/C14H19BrClN3S/c1-19-6-7-20-8-10(19)14-17-12(9-4-2-3-5-9)11(15)13(16)18-14/h9-10H,2-8H2,1H3. The zero-order valence-corrected chi connectivity index (χ0v) is 14.8. The molecule has 0 spiro atoms. The van der Waals surface area contributed by atoms with E-state index in [-0.39, 0.29) is 0 Å². The first kappa shape index (κ1) is 15.1. The molecule has 1 aliphatic carbocycles. The Morgan fingerprint density at radius 1 is 1.30 bits per heavy atom. The van der Waals surface area contributed by atoms with E-state index >= 15 is 0 Å². The number of hydrogen-bond acceptors (Lipinski definition) is 4. The number of hydrogen-bond donors (Lipinski definition) is 0. The van der Waals surface area contributed by atoms with Gasteiger partial charge in [0.2, 0.25) is 0 Å². The second-order valence-electron chi connectivity index (χ2n) is 5.62. The van der Waals surface area contributed by atoms with E-state index in [0.29, 0.717) is 17.1 Å². The Kier molecular flexibility index (Phi) is 4.90. The van der Waals surface area contributed by atoms with Gasteiger partial charge in [-0.15, -0.1) is 0 Å². The van der Waals surface area contributed by atoms with Crippen LogP contribution in [0, 0.1) is 0 Å². The first-order valence-electron chi connectivity index (χ1n) is 7.17. The fourth-order valence-corrected chi connectivity index (χ4v) is 4.92. The smallest absolute Gasteiger partial charge is 0.148 e. The Labute approximate surface area is 138 Å². The molecule has 1 aliphatic heterocycles. The average Bonchev–Trinajstić information content (AvgIpc) is 2.96. The van der Waals surface area contributed by atoms with Crippen molar-refractivity contribution in [2.45, 2.75) is 37.6 Å². The van der Waals surface area contributed by atoms with Crippen molar-refractivity contribution in [1.82, 2.24) is 14.9 Å². The van der Waals surface area contributed by atoms with E-state index < -0.39 is 0 Å². The summed E-state index contributed by atoms with van der Waals surface area (Å²) in [5.41, 5.74) is 1.13. The molecule has 6 heteroatoms. The van der Waals surface area contributed by atoms with E-state index in [1.165, 1.54) is 31.4 Å². The largest absolute Gasteiger partial charge is 0.295 e. The first-order valence-corrected chi connectivity index (χ1v) is 9.50. The lowest BCUT2D eigenvalue weighted by Gasteiger charge is -2.31. The molecule has 1 saturated carbocycles. The van der Waals surface area contributed by atoms with Crippen LogP contribution in [-0.4, -0.2) is 40.0 Å². The van der Waals surface area contributed by atoms with Crippen molar-refractivity contribution in [3.8, 4) is 0 Å². The molecule has 2 heterocycles. The lowest BCUT2D eigenvalue weighted by Crippen LogP contribution is -2.34. The number of halogens is 2. The first-order chi connectivity index (χ1) is 9.66. The van der Waals surface area contributed by atoms with Crippen molar-refractivity contribution in [2.75, 3.05) is 25.1 Å². The van der Waals surface area contributed by atoms with Gasteiger partial charge in [0.15, 0.2) is 0 Å². The fourth-order valence-electron chi connectivity index (χ4n) is 3.03. The summed E-state index contributed by atoms with van der Waals surface area (Å²) >= 11 is 11.9. The molecule has 1 atom stereocenters. The highest BCUT2D eigenvalue weighted by atomic mass is 79.9. The highest BCUT2D eigenvalue weighted by molar-refractivity contribution is 9.10. The van der Waals surface area contributed by atoms with Crippen molar-refractivity contribution in [3.63, 3.8) is 0 Å². The van der Waals surface area contributed by atoms with E-state index in [9.17, 15) is 0 Å². The fraction of sp³-hybridized carbons (Fsp3) is 0.714. The lowest BCUT2D eigenvalue weighted by atomic mass is 10.0. The number of rotatable bonds is 2. The molecule has 0 bridgehead atoms. The lowest BCUT2D eigenvalue weighted by molar-refractivity contribution is 0.263. The van der Waals surface area contributed by atoms with E-state index in [1.54, 1.807) is 0 Å². The zero-order chi connectivity index (χ0) is 14.1. The van der Waals surface area contributed by atoms with Gasteiger partial charge in [-0.2, -0.15) is 11.8 Å². The third-order valence-corrected chi connectivity index (χ3v) is 6.60. The number of nitrogens with zero attached hydrogens (tertiary/aromatic N) is 3. The number of thioether (sulfide) groups is 1. The van der Waals surface area contributed by atoms with Crippen LogP contribution in [0.3, 0.4) is 0 Å². The maximum absolute atomic E-state index is 6.34. The van der Waals surface area contributed by atoms with Gasteiger partial charge in [0, 0.05) is 24.0 Å². The van der Waals surface area contributed by atoms with E-state index in [0.717, 1.165) is 28.3 Å². The van der Waals surface area contributed by atoms with Crippen LogP contribution >= 0.6 is 39.3 Å². The topological polar surface area (TPSA) is 29.0 Å². The average molecular weight is 377 g/mol. The summed E-state index contributed by atoms with van der Waals surface area (Å²) in [7, 11) is 2.15. The Morgan fingerprint density at radius 2 is 2.05 bits per heavy atom. The summed E-state index contributed by atoms with van der Waals surface area (Å²) in [6.07, 6.45) is 5.04. The van der Waals surface area contributed by atoms with Crippen LogP contribution in [0.5, 0.6) is 0 Å². The van der Waals surface area contributed by atoms with Crippen LogP contribution in [0.4, 0.5) is 0 Å². The molecule has 0 radical (unpaired) electrons. The molecule has 3 rings (SSSR count). The van der Waals surface area contributed by atoms with Gasteiger partial charge < -0.3 is 0 Å². The monoisotopic (exact) mass is 375 g/mol. The Bertz CT molecular complexity index is 494. The van der Waals surface area contributed by atoms with Crippen LogP contribution in [0.25, 0.3) is 0 Å².